The SMILES string of the molecule is COc1ccccc1N(CCC(C)C)CC(C)C(=O)O. The lowest BCUT2D eigenvalue weighted by Crippen LogP contribution is -2.33. The summed E-state index contributed by atoms with van der Waals surface area (Å²) in [6, 6.07) is 7.76. The van der Waals surface area contributed by atoms with Crippen molar-refractivity contribution >= 4 is 11.7 Å². The van der Waals surface area contributed by atoms with Gasteiger partial charge in [0.1, 0.15) is 5.75 Å². The summed E-state index contributed by atoms with van der Waals surface area (Å²) >= 11 is 0. The molecule has 0 amide bonds. The highest BCUT2D eigenvalue weighted by molar-refractivity contribution is 5.71. The van der Waals surface area contributed by atoms with Gasteiger partial charge in [-0.25, -0.2) is 0 Å². The number of carboxylic acids is 1. The molecule has 1 N–H and O–H groups in total. The normalized spacial score (nSPS) is 12.2. The van der Waals surface area contributed by atoms with Crippen LogP contribution < -0.4 is 9.64 Å². The Hall–Kier alpha value is -1.71. The Balaban J connectivity index is 2.93. The third kappa shape index (κ3) is 4.76. The van der Waals surface area contributed by atoms with E-state index in [2.05, 4.69) is 18.7 Å². The second-order valence-corrected chi connectivity index (χ2v) is 5.54. The first-order valence-electron chi connectivity index (χ1n) is 7.06. The summed E-state index contributed by atoms with van der Waals surface area (Å²) in [6.07, 6.45) is 1.02. The van der Waals surface area contributed by atoms with Crippen LogP contribution >= 0.6 is 0 Å². The Labute approximate surface area is 121 Å². The molecule has 0 aromatic heterocycles. The van der Waals surface area contributed by atoms with E-state index >= 15 is 0 Å². The molecule has 1 atom stereocenters. The van der Waals surface area contributed by atoms with E-state index in [1.54, 1.807) is 14.0 Å². The van der Waals surface area contributed by atoms with Crippen LogP contribution in [-0.2, 0) is 4.79 Å². The Bertz CT molecular complexity index is 431. The predicted octanol–water partition coefficient (Wildman–Crippen LogP) is 3.27. The number of aliphatic carboxylic acids is 1. The summed E-state index contributed by atoms with van der Waals surface area (Å²) in [5.74, 6) is 0.183. The summed E-state index contributed by atoms with van der Waals surface area (Å²) in [5, 5.41) is 9.12. The predicted molar refractivity (Wildman–Crippen MR) is 81.5 cm³/mol. The van der Waals surface area contributed by atoms with Crippen molar-refractivity contribution in [1.29, 1.82) is 0 Å². The molecule has 4 nitrogen and oxygen atoms in total. The quantitative estimate of drug-likeness (QED) is 0.793. The van der Waals surface area contributed by atoms with Crippen molar-refractivity contribution in [3.63, 3.8) is 0 Å². The molecule has 0 saturated heterocycles. The van der Waals surface area contributed by atoms with E-state index in [0.29, 0.717) is 12.5 Å². The van der Waals surface area contributed by atoms with Gasteiger partial charge in [0.2, 0.25) is 0 Å². The number of hydrogen-bond donors (Lipinski definition) is 1. The number of rotatable bonds is 8. The van der Waals surface area contributed by atoms with Crippen LogP contribution in [0.2, 0.25) is 0 Å². The summed E-state index contributed by atoms with van der Waals surface area (Å²) in [4.78, 5) is 13.2. The molecule has 0 bridgehead atoms. The van der Waals surface area contributed by atoms with E-state index in [1.807, 2.05) is 24.3 Å². The van der Waals surface area contributed by atoms with E-state index in [-0.39, 0.29) is 0 Å². The maximum absolute atomic E-state index is 11.1. The monoisotopic (exact) mass is 279 g/mol. The topological polar surface area (TPSA) is 49.8 Å². The molecule has 0 saturated carbocycles. The molecule has 0 spiro atoms. The van der Waals surface area contributed by atoms with Gasteiger partial charge in [-0.05, 0) is 24.5 Å². The largest absolute Gasteiger partial charge is 0.495 e. The van der Waals surface area contributed by atoms with Gasteiger partial charge >= 0.3 is 5.97 Å². The van der Waals surface area contributed by atoms with Gasteiger partial charge in [-0.15, -0.1) is 0 Å². The van der Waals surface area contributed by atoms with Gasteiger partial charge in [-0.2, -0.15) is 0 Å². The zero-order valence-electron chi connectivity index (χ0n) is 12.8. The maximum Gasteiger partial charge on any atom is 0.308 e. The van der Waals surface area contributed by atoms with Crippen molar-refractivity contribution in [1.82, 2.24) is 0 Å². The lowest BCUT2D eigenvalue weighted by atomic mass is 10.1. The molecular formula is C16H25NO3. The second-order valence-electron chi connectivity index (χ2n) is 5.54. The summed E-state index contributed by atoms with van der Waals surface area (Å²) < 4.78 is 5.39. The van der Waals surface area contributed by atoms with Crippen LogP contribution in [0.4, 0.5) is 5.69 Å². The summed E-state index contributed by atoms with van der Waals surface area (Å²) in [7, 11) is 1.64. The fourth-order valence-electron chi connectivity index (χ4n) is 2.02. The Morgan fingerprint density at radius 2 is 1.95 bits per heavy atom. The maximum atomic E-state index is 11.1. The van der Waals surface area contributed by atoms with E-state index in [9.17, 15) is 4.79 Å². The highest BCUT2D eigenvalue weighted by Crippen LogP contribution is 2.28. The van der Waals surface area contributed by atoms with Gasteiger partial charge in [-0.3, -0.25) is 4.79 Å². The van der Waals surface area contributed by atoms with E-state index in [1.165, 1.54) is 0 Å². The number of benzene rings is 1. The first-order chi connectivity index (χ1) is 9.45. The van der Waals surface area contributed by atoms with Crippen LogP contribution in [0.5, 0.6) is 5.75 Å². The molecule has 1 aromatic carbocycles. The van der Waals surface area contributed by atoms with E-state index < -0.39 is 11.9 Å². The molecule has 112 valence electrons. The van der Waals surface area contributed by atoms with Crippen LogP contribution in [0, 0.1) is 11.8 Å². The van der Waals surface area contributed by atoms with Crippen molar-refractivity contribution in [2.45, 2.75) is 27.2 Å². The highest BCUT2D eigenvalue weighted by atomic mass is 16.5. The third-order valence-corrected chi connectivity index (χ3v) is 3.32. The van der Waals surface area contributed by atoms with Crippen LogP contribution in [0.3, 0.4) is 0 Å². The molecule has 0 heterocycles. The number of carbonyl (C=O) groups is 1. The molecule has 1 rings (SSSR count). The molecule has 0 aliphatic carbocycles. The summed E-state index contributed by atoms with van der Waals surface area (Å²) in [6.45, 7) is 7.39. The van der Waals surface area contributed by atoms with Gasteiger partial charge in [-0.1, -0.05) is 32.9 Å². The molecule has 0 aliphatic heterocycles. The Morgan fingerprint density at radius 1 is 1.30 bits per heavy atom. The zero-order chi connectivity index (χ0) is 15.1. The van der Waals surface area contributed by atoms with Crippen molar-refractivity contribution < 1.29 is 14.6 Å². The van der Waals surface area contributed by atoms with Gasteiger partial charge < -0.3 is 14.7 Å². The standard InChI is InChI=1S/C16H25NO3/c1-12(2)9-10-17(11-13(3)16(18)19)14-7-5-6-8-15(14)20-4/h5-8,12-13H,9-11H2,1-4H3,(H,18,19). The molecule has 20 heavy (non-hydrogen) atoms. The average molecular weight is 279 g/mol. The average Bonchev–Trinajstić information content (AvgIpc) is 2.42. The number of anilines is 1. The zero-order valence-corrected chi connectivity index (χ0v) is 12.8. The lowest BCUT2D eigenvalue weighted by molar-refractivity contribution is -0.140. The molecule has 4 heteroatoms. The number of carboxylic acid groups (broad SMARTS) is 1. The first kappa shape index (κ1) is 16.3. The molecule has 1 aromatic rings. The van der Waals surface area contributed by atoms with Crippen LogP contribution in [-0.4, -0.2) is 31.3 Å². The van der Waals surface area contributed by atoms with Crippen molar-refractivity contribution in [3.05, 3.63) is 24.3 Å². The molecule has 0 aliphatic rings. The van der Waals surface area contributed by atoms with E-state index in [4.69, 9.17) is 9.84 Å². The number of methoxy groups -OCH3 is 1. The highest BCUT2D eigenvalue weighted by Gasteiger charge is 2.19. The van der Waals surface area contributed by atoms with Gasteiger partial charge in [0.25, 0.3) is 0 Å². The molecule has 0 fully saturated rings. The van der Waals surface area contributed by atoms with Crippen molar-refractivity contribution in [3.8, 4) is 5.75 Å². The van der Waals surface area contributed by atoms with Crippen molar-refractivity contribution in [2.75, 3.05) is 25.1 Å². The summed E-state index contributed by atoms with van der Waals surface area (Å²) in [5.41, 5.74) is 0.962. The van der Waals surface area contributed by atoms with Gasteiger partial charge in [0.05, 0.1) is 18.7 Å². The van der Waals surface area contributed by atoms with Gasteiger partial charge in [0, 0.05) is 13.1 Å². The Kier molecular flexibility index (Phi) is 6.36. The minimum absolute atomic E-state index is 0.410. The molecule has 0 radical (unpaired) electrons. The minimum atomic E-state index is -0.769. The van der Waals surface area contributed by atoms with Crippen LogP contribution in [0.15, 0.2) is 24.3 Å². The molecule has 1 unspecified atom stereocenters. The first-order valence-corrected chi connectivity index (χ1v) is 7.06. The lowest BCUT2D eigenvalue weighted by Gasteiger charge is -2.28. The minimum Gasteiger partial charge on any atom is -0.495 e. The number of para-hydroxylation sites is 2. The van der Waals surface area contributed by atoms with Gasteiger partial charge in [0.15, 0.2) is 0 Å². The number of ether oxygens (including phenoxy) is 1. The smallest absolute Gasteiger partial charge is 0.308 e. The third-order valence-electron chi connectivity index (χ3n) is 3.32. The fourth-order valence-corrected chi connectivity index (χ4v) is 2.02. The van der Waals surface area contributed by atoms with Crippen LogP contribution in [0.25, 0.3) is 0 Å². The number of hydrogen-bond acceptors (Lipinski definition) is 3. The van der Waals surface area contributed by atoms with Crippen molar-refractivity contribution in [2.24, 2.45) is 11.8 Å². The fraction of sp³-hybridized carbons (Fsp3) is 0.562. The second kappa shape index (κ2) is 7.78. The van der Waals surface area contributed by atoms with Crippen LogP contribution in [0.1, 0.15) is 27.2 Å². The Morgan fingerprint density at radius 3 is 2.50 bits per heavy atom. The molecular weight excluding hydrogens is 254 g/mol. The number of nitrogens with zero attached hydrogens (tertiary/aromatic N) is 1. The van der Waals surface area contributed by atoms with E-state index in [0.717, 1.165) is 24.4 Å².